The van der Waals surface area contributed by atoms with Crippen LogP contribution in [0.15, 0.2) is 53.1 Å². The molecule has 0 aliphatic heterocycles. The summed E-state index contributed by atoms with van der Waals surface area (Å²) in [4.78, 5) is 4.30. The zero-order chi connectivity index (χ0) is 13.9. The highest BCUT2D eigenvalue weighted by Gasteiger charge is 2.10. The summed E-state index contributed by atoms with van der Waals surface area (Å²) >= 11 is 0. The number of furan rings is 1. The number of aryl methyl sites for hydroxylation is 1. The molecule has 0 fully saturated rings. The number of fused-ring (bicyclic) bond motifs is 1. The molecule has 0 saturated heterocycles. The highest BCUT2D eigenvalue weighted by atomic mass is 16.3. The number of rotatable bonds is 4. The largest absolute Gasteiger partial charge is 0.459 e. The standard InChI is InChI=1S/C17H18N2O/c1-12-7-8-14(10-18-12)11-19-13(2)17-9-15-5-3-4-6-16(15)20-17/h3-10,13,19H,11H2,1-2H3. The van der Waals surface area contributed by atoms with Crippen molar-refractivity contribution in [2.24, 2.45) is 0 Å². The molecule has 0 amide bonds. The van der Waals surface area contributed by atoms with Gasteiger partial charge in [0.25, 0.3) is 0 Å². The van der Waals surface area contributed by atoms with Gasteiger partial charge in [0, 0.05) is 23.8 Å². The third kappa shape index (κ3) is 2.73. The molecule has 0 aliphatic carbocycles. The molecule has 0 spiro atoms. The van der Waals surface area contributed by atoms with Gasteiger partial charge in [0.05, 0.1) is 6.04 Å². The zero-order valence-electron chi connectivity index (χ0n) is 11.8. The van der Waals surface area contributed by atoms with Crippen molar-refractivity contribution >= 4 is 11.0 Å². The Labute approximate surface area is 118 Å². The second-order valence-electron chi connectivity index (χ2n) is 5.10. The second-order valence-corrected chi connectivity index (χ2v) is 5.10. The molecule has 3 nitrogen and oxygen atoms in total. The fourth-order valence-electron chi connectivity index (χ4n) is 2.19. The van der Waals surface area contributed by atoms with Crippen LogP contribution >= 0.6 is 0 Å². The molecule has 102 valence electrons. The van der Waals surface area contributed by atoms with Crippen molar-refractivity contribution in [1.82, 2.24) is 10.3 Å². The molecule has 2 heterocycles. The summed E-state index contributed by atoms with van der Waals surface area (Å²) < 4.78 is 5.86. The van der Waals surface area contributed by atoms with Gasteiger partial charge in [0.15, 0.2) is 0 Å². The maximum Gasteiger partial charge on any atom is 0.134 e. The Balaban J connectivity index is 1.69. The van der Waals surface area contributed by atoms with E-state index in [0.29, 0.717) is 0 Å². The van der Waals surface area contributed by atoms with E-state index < -0.39 is 0 Å². The molecule has 1 aromatic carbocycles. The summed E-state index contributed by atoms with van der Waals surface area (Å²) in [5.41, 5.74) is 3.16. The van der Waals surface area contributed by atoms with Crippen LogP contribution in [0.25, 0.3) is 11.0 Å². The van der Waals surface area contributed by atoms with Crippen molar-refractivity contribution in [2.45, 2.75) is 26.4 Å². The average molecular weight is 266 g/mol. The van der Waals surface area contributed by atoms with Gasteiger partial charge in [-0.3, -0.25) is 4.98 Å². The highest BCUT2D eigenvalue weighted by molar-refractivity contribution is 5.77. The summed E-state index contributed by atoms with van der Waals surface area (Å²) in [6.45, 7) is 4.89. The molecular formula is C17H18N2O. The lowest BCUT2D eigenvalue weighted by Crippen LogP contribution is -2.17. The topological polar surface area (TPSA) is 38.1 Å². The third-order valence-electron chi connectivity index (χ3n) is 3.46. The van der Waals surface area contributed by atoms with E-state index >= 15 is 0 Å². The highest BCUT2D eigenvalue weighted by Crippen LogP contribution is 2.23. The Morgan fingerprint density at radius 2 is 2.05 bits per heavy atom. The Morgan fingerprint density at radius 1 is 1.20 bits per heavy atom. The number of benzene rings is 1. The molecule has 3 aromatic rings. The first-order chi connectivity index (χ1) is 9.72. The molecule has 1 atom stereocenters. The molecular weight excluding hydrogens is 248 g/mol. The van der Waals surface area contributed by atoms with E-state index in [-0.39, 0.29) is 6.04 Å². The average Bonchev–Trinajstić information content (AvgIpc) is 2.90. The van der Waals surface area contributed by atoms with Crippen LogP contribution in [-0.2, 0) is 6.54 Å². The van der Waals surface area contributed by atoms with Crippen molar-refractivity contribution in [3.05, 3.63) is 65.7 Å². The van der Waals surface area contributed by atoms with Crippen molar-refractivity contribution < 1.29 is 4.42 Å². The van der Waals surface area contributed by atoms with Gasteiger partial charge in [-0.05, 0) is 37.6 Å². The Hall–Kier alpha value is -2.13. The van der Waals surface area contributed by atoms with Gasteiger partial charge in [0.2, 0.25) is 0 Å². The van der Waals surface area contributed by atoms with Gasteiger partial charge in [-0.2, -0.15) is 0 Å². The van der Waals surface area contributed by atoms with E-state index in [4.69, 9.17) is 4.42 Å². The predicted molar refractivity (Wildman–Crippen MR) is 80.4 cm³/mol. The number of aromatic nitrogens is 1. The smallest absolute Gasteiger partial charge is 0.134 e. The number of hydrogen-bond donors (Lipinski definition) is 1. The summed E-state index contributed by atoms with van der Waals surface area (Å²) in [7, 11) is 0. The van der Waals surface area contributed by atoms with Gasteiger partial charge >= 0.3 is 0 Å². The Kier molecular flexibility index (Phi) is 3.52. The summed E-state index contributed by atoms with van der Waals surface area (Å²) in [5.74, 6) is 0.964. The number of hydrogen-bond acceptors (Lipinski definition) is 3. The predicted octanol–water partition coefficient (Wildman–Crippen LogP) is 3.99. The molecule has 3 heteroatoms. The minimum Gasteiger partial charge on any atom is -0.459 e. The Bertz CT molecular complexity index is 667. The normalized spacial score (nSPS) is 12.7. The van der Waals surface area contributed by atoms with Crippen LogP contribution in [0.5, 0.6) is 0 Å². The molecule has 0 saturated carbocycles. The van der Waals surface area contributed by atoms with Crippen molar-refractivity contribution in [1.29, 1.82) is 0 Å². The van der Waals surface area contributed by atoms with Crippen LogP contribution in [0, 0.1) is 6.92 Å². The van der Waals surface area contributed by atoms with Crippen LogP contribution < -0.4 is 5.32 Å². The van der Waals surface area contributed by atoms with Gasteiger partial charge in [-0.1, -0.05) is 24.3 Å². The summed E-state index contributed by atoms with van der Waals surface area (Å²) in [5, 5.41) is 4.61. The minimum atomic E-state index is 0.170. The van der Waals surface area contributed by atoms with Crippen molar-refractivity contribution in [3.8, 4) is 0 Å². The number of para-hydroxylation sites is 1. The van der Waals surface area contributed by atoms with Crippen LogP contribution in [0.1, 0.15) is 30.0 Å². The first kappa shape index (κ1) is 12.9. The van der Waals surface area contributed by atoms with Crippen LogP contribution in [0.3, 0.4) is 0 Å². The second kappa shape index (κ2) is 5.47. The van der Waals surface area contributed by atoms with E-state index in [1.165, 1.54) is 5.56 Å². The lowest BCUT2D eigenvalue weighted by Gasteiger charge is -2.11. The van der Waals surface area contributed by atoms with Gasteiger partial charge in [-0.15, -0.1) is 0 Å². The Morgan fingerprint density at radius 3 is 2.80 bits per heavy atom. The maximum atomic E-state index is 5.86. The van der Waals surface area contributed by atoms with Crippen LogP contribution in [-0.4, -0.2) is 4.98 Å². The van der Waals surface area contributed by atoms with Crippen LogP contribution in [0.4, 0.5) is 0 Å². The zero-order valence-corrected chi connectivity index (χ0v) is 11.8. The summed E-state index contributed by atoms with van der Waals surface area (Å²) in [6.07, 6.45) is 1.91. The van der Waals surface area contributed by atoms with E-state index in [0.717, 1.165) is 29.0 Å². The molecule has 0 radical (unpaired) electrons. The van der Waals surface area contributed by atoms with E-state index in [1.54, 1.807) is 0 Å². The lowest BCUT2D eigenvalue weighted by molar-refractivity contribution is 0.450. The number of pyridine rings is 1. The van der Waals surface area contributed by atoms with E-state index in [9.17, 15) is 0 Å². The van der Waals surface area contributed by atoms with Crippen molar-refractivity contribution in [3.63, 3.8) is 0 Å². The molecule has 3 rings (SSSR count). The molecule has 0 bridgehead atoms. The molecule has 20 heavy (non-hydrogen) atoms. The van der Waals surface area contributed by atoms with Gasteiger partial charge < -0.3 is 9.73 Å². The van der Waals surface area contributed by atoms with Gasteiger partial charge in [-0.25, -0.2) is 0 Å². The number of nitrogens with one attached hydrogen (secondary N) is 1. The molecule has 1 N–H and O–H groups in total. The minimum absolute atomic E-state index is 0.170. The lowest BCUT2D eigenvalue weighted by atomic mass is 10.2. The van der Waals surface area contributed by atoms with Gasteiger partial charge in [0.1, 0.15) is 11.3 Å². The number of nitrogens with zero attached hydrogens (tertiary/aromatic N) is 1. The fraction of sp³-hybridized carbons (Fsp3) is 0.235. The third-order valence-corrected chi connectivity index (χ3v) is 3.46. The fourth-order valence-corrected chi connectivity index (χ4v) is 2.19. The van der Waals surface area contributed by atoms with E-state index in [2.05, 4.69) is 35.4 Å². The molecule has 1 unspecified atom stereocenters. The monoisotopic (exact) mass is 266 g/mol. The quantitative estimate of drug-likeness (QED) is 0.776. The van der Waals surface area contributed by atoms with Crippen molar-refractivity contribution in [2.75, 3.05) is 0 Å². The maximum absolute atomic E-state index is 5.86. The van der Waals surface area contributed by atoms with Crippen LogP contribution in [0.2, 0.25) is 0 Å². The SMILES string of the molecule is Cc1ccc(CNC(C)c2cc3ccccc3o2)cn1. The first-order valence-electron chi connectivity index (χ1n) is 6.86. The first-order valence-corrected chi connectivity index (χ1v) is 6.86. The molecule has 0 aliphatic rings. The summed E-state index contributed by atoms with van der Waals surface area (Å²) in [6, 6.07) is 14.5. The molecule has 2 aromatic heterocycles. The van der Waals surface area contributed by atoms with E-state index in [1.807, 2.05) is 37.4 Å².